The highest BCUT2D eigenvalue weighted by atomic mass is 32.2. The summed E-state index contributed by atoms with van der Waals surface area (Å²) in [6.45, 7) is 0.133. The maximum absolute atomic E-state index is 14.8. The SMILES string of the molecule is NCc1occc1-c1cc2c(Nc3ccc(S(=O)(=O)c4ccccc4)cc3)ncnc2cc1F. The van der Waals surface area contributed by atoms with Crippen LogP contribution < -0.4 is 11.1 Å². The van der Waals surface area contributed by atoms with Gasteiger partial charge in [0.05, 0.1) is 28.1 Å². The number of anilines is 2. The first kappa shape index (κ1) is 21.7. The second-order valence-electron chi connectivity index (χ2n) is 7.50. The predicted octanol–water partition coefficient (Wildman–Crippen LogP) is 5.06. The summed E-state index contributed by atoms with van der Waals surface area (Å²) >= 11 is 0. The molecule has 0 aliphatic rings. The van der Waals surface area contributed by atoms with Gasteiger partial charge in [-0.25, -0.2) is 22.8 Å². The van der Waals surface area contributed by atoms with Crippen LogP contribution in [0.2, 0.25) is 0 Å². The van der Waals surface area contributed by atoms with E-state index >= 15 is 0 Å². The van der Waals surface area contributed by atoms with Crippen molar-refractivity contribution in [2.75, 3.05) is 5.32 Å². The molecule has 0 radical (unpaired) electrons. The Hall–Kier alpha value is -4.08. The smallest absolute Gasteiger partial charge is 0.206 e. The molecule has 0 bridgehead atoms. The molecular formula is C25H19FN4O3S. The zero-order valence-electron chi connectivity index (χ0n) is 17.8. The molecule has 0 saturated heterocycles. The molecule has 9 heteroatoms. The molecule has 0 aliphatic heterocycles. The molecule has 7 nitrogen and oxygen atoms in total. The number of nitrogens with one attached hydrogen (secondary N) is 1. The van der Waals surface area contributed by atoms with Crippen molar-refractivity contribution in [3.05, 3.63) is 97.0 Å². The molecule has 2 aromatic heterocycles. The second-order valence-corrected chi connectivity index (χ2v) is 9.45. The maximum atomic E-state index is 14.8. The number of nitrogens with zero attached hydrogens (tertiary/aromatic N) is 2. The second kappa shape index (κ2) is 8.69. The number of sulfone groups is 1. The third-order valence-corrected chi connectivity index (χ3v) is 7.21. The van der Waals surface area contributed by atoms with Crippen LogP contribution in [-0.4, -0.2) is 18.4 Å². The van der Waals surface area contributed by atoms with Crippen LogP contribution in [0.1, 0.15) is 5.76 Å². The van der Waals surface area contributed by atoms with Crippen molar-refractivity contribution in [3.63, 3.8) is 0 Å². The summed E-state index contributed by atoms with van der Waals surface area (Å²) in [5, 5.41) is 3.76. The molecule has 0 unspecified atom stereocenters. The van der Waals surface area contributed by atoms with Crippen LogP contribution in [0.15, 0.2) is 99.6 Å². The largest absolute Gasteiger partial charge is 0.467 e. The first-order valence-corrected chi connectivity index (χ1v) is 11.8. The van der Waals surface area contributed by atoms with E-state index in [1.165, 1.54) is 30.8 Å². The number of fused-ring (bicyclic) bond motifs is 1. The lowest BCUT2D eigenvalue weighted by molar-refractivity contribution is 0.513. The van der Waals surface area contributed by atoms with E-state index in [0.29, 0.717) is 39.3 Å². The summed E-state index contributed by atoms with van der Waals surface area (Å²) < 4.78 is 45.8. The lowest BCUT2D eigenvalue weighted by Gasteiger charge is -2.11. The molecule has 170 valence electrons. The molecule has 2 heterocycles. The van der Waals surface area contributed by atoms with Gasteiger partial charge in [0.2, 0.25) is 9.84 Å². The van der Waals surface area contributed by atoms with E-state index in [1.807, 2.05) is 0 Å². The number of hydrogen-bond acceptors (Lipinski definition) is 7. The van der Waals surface area contributed by atoms with Crippen molar-refractivity contribution in [1.82, 2.24) is 9.97 Å². The minimum atomic E-state index is -3.62. The molecule has 0 amide bonds. The van der Waals surface area contributed by atoms with Gasteiger partial charge in [-0.15, -0.1) is 0 Å². The van der Waals surface area contributed by atoms with Gasteiger partial charge >= 0.3 is 0 Å². The normalized spacial score (nSPS) is 11.6. The molecule has 0 saturated carbocycles. The average Bonchev–Trinajstić information content (AvgIpc) is 3.33. The Bertz CT molecular complexity index is 1580. The van der Waals surface area contributed by atoms with Gasteiger partial charge in [0.1, 0.15) is 23.7 Å². The summed E-state index contributed by atoms with van der Waals surface area (Å²) in [5.74, 6) is 0.464. The average molecular weight is 475 g/mol. The van der Waals surface area contributed by atoms with E-state index in [-0.39, 0.29) is 16.3 Å². The molecule has 5 rings (SSSR count). The minimum Gasteiger partial charge on any atom is -0.467 e. The molecule has 5 aromatic rings. The van der Waals surface area contributed by atoms with Crippen LogP contribution in [0.5, 0.6) is 0 Å². The van der Waals surface area contributed by atoms with Crippen LogP contribution in [0.4, 0.5) is 15.9 Å². The van der Waals surface area contributed by atoms with Crippen LogP contribution in [-0.2, 0) is 16.4 Å². The highest BCUT2D eigenvalue weighted by molar-refractivity contribution is 7.91. The van der Waals surface area contributed by atoms with E-state index in [4.69, 9.17) is 10.2 Å². The Kier molecular flexibility index (Phi) is 5.56. The summed E-state index contributed by atoms with van der Waals surface area (Å²) in [6, 6.07) is 19.2. The maximum Gasteiger partial charge on any atom is 0.206 e. The first-order chi connectivity index (χ1) is 16.5. The summed E-state index contributed by atoms with van der Waals surface area (Å²) in [6.07, 6.45) is 2.80. The number of hydrogen-bond donors (Lipinski definition) is 2. The number of nitrogens with two attached hydrogens (primary N) is 1. The van der Waals surface area contributed by atoms with Crippen molar-refractivity contribution in [1.29, 1.82) is 0 Å². The van der Waals surface area contributed by atoms with E-state index in [9.17, 15) is 12.8 Å². The van der Waals surface area contributed by atoms with Crippen LogP contribution in [0.3, 0.4) is 0 Å². The van der Waals surface area contributed by atoms with E-state index in [2.05, 4.69) is 15.3 Å². The van der Waals surface area contributed by atoms with Gasteiger partial charge in [-0.3, -0.25) is 0 Å². The Morgan fingerprint density at radius 2 is 1.65 bits per heavy atom. The van der Waals surface area contributed by atoms with Gasteiger partial charge in [-0.05, 0) is 48.5 Å². The fraction of sp³-hybridized carbons (Fsp3) is 0.0400. The van der Waals surface area contributed by atoms with Gasteiger partial charge in [0, 0.05) is 28.3 Å². The van der Waals surface area contributed by atoms with Gasteiger partial charge < -0.3 is 15.5 Å². The topological polar surface area (TPSA) is 111 Å². The van der Waals surface area contributed by atoms with Gasteiger partial charge in [0.15, 0.2) is 0 Å². The summed E-state index contributed by atoms with van der Waals surface area (Å²) in [5.41, 5.74) is 7.63. The van der Waals surface area contributed by atoms with Crippen molar-refractivity contribution in [2.24, 2.45) is 5.73 Å². The number of benzene rings is 3. The fourth-order valence-corrected chi connectivity index (χ4v) is 4.99. The third kappa shape index (κ3) is 3.91. The third-order valence-electron chi connectivity index (χ3n) is 5.43. The Morgan fingerprint density at radius 3 is 2.38 bits per heavy atom. The fourth-order valence-electron chi connectivity index (χ4n) is 3.71. The lowest BCUT2D eigenvalue weighted by atomic mass is 10.0. The van der Waals surface area contributed by atoms with Gasteiger partial charge in [0.25, 0.3) is 0 Å². The quantitative estimate of drug-likeness (QED) is 0.354. The van der Waals surface area contributed by atoms with Crippen molar-refractivity contribution < 1.29 is 17.2 Å². The minimum absolute atomic E-state index is 0.133. The number of furan rings is 1. The van der Waals surface area contributed by atoms with Crippen LogP contribution in [0.25, 0.3) is 22.0 Å². The van der Waals surface area contributed by atoms with Crippen molar-refractivity contribution in [2.45, 2.75) is 16.3 Å². The number of halogens is 1. The summed E-state index contributed by atoms with van der Waals surface area (Å²) in [7, 11) is -3.62. The Labute approximate surface area is 195 Å². The highest BCUT2D eigenvalue weighted by Gasteiger charge is 2.18. The molecule has 0 fully saturated rings. The van der Waals surface area contributed by atoms with Crippen molar-refractivity contribution in [3.8, 4) is 11.1 Å². The molecule has 0 atom stereocenters. The van der Waals surface area contributed by atoms with E-state index < -0.39 is 15.7 Å². The molecular weight excluding hydrogens is 455 g/mol. The van der Waals surface area contributed by atoms with Gasteiger partial charge in [-0.1, -0.05) is 18.2 Å². The molecule has 0 aliphatic carbocycles. The lowest BCUT2D eigenvalue weighted by Crippen LogP contribution is -2.02. The zero-order chi connectivity index (χ0) is 23.7. The molecule has 3 aromatic carbocycles. The standard InChI is InChI=1S/C25H19FN4O3S/c26-22-13-23-21(12-20(22)19-10-11-33-24(19)14-27)25(29-15-28-23)30-16-6-8-18(9-7-16)34(31,32)17-4-2-1-3-5-17/h1-13,15H,14,27H2,(H,28,29,30). The van der Waals surface area contributed by atoms with E-state index in [1.54, 1.807) is 54.6 Å². The predicted molar refractivity (Wildman–Crippen MR) is 127 cm³/mol. The molecule has 3 N–H and O–H groups in total. The summed E-state index contributed by atoms with van der Waals surface area (Å²) in [4.78, 5) is 8.88. The van der Waals surface area contributed by atoms with E-state index in [0.717, 1.165) is 0 Å². The number of aromatic nitrogens is 2. The monoisotopic (exact) mass is 474 g/mol. The molecule has 0 spiro atoms. The molecule has 34 heavy (non-hydrogen) atoms. The van der Waals surface area contributed by atoms with Gasteiger partial charge in [-0.2, -0.15) is 0 Å². The Morgan fingerprint density at radius 1 is 0.912 bits per heavy atom. The zero-order valence-corrected chi connectivity index (χ0v) is 18.6. The first-order valence-electron chi connectivity index (χ1n) is 10.4. The Balaban J connectivity index is 1.50. The number of rotatable bonds is 6. The van der Waals surface area contributed by atoms with Crippen LogP contribution >= 0.6 is 0 Å². The van der Waals surface area contributed by atoms with Crippen molar-refractivity contribution >= 4 is 32.2 Å². The highest BCUT2D eigenvalue weighted by Crippen LogP contribution is 2.33. The van der Waals surface area contributed by atoms with Crippen LogP contribution in [0, 0.1) is 5.82 Å².